The average molecular weight is 425 g/mol. The molecule has 0 radical (unpaired) electrons. The van der Waals surface area contributed by atoms with Crippen LogP contribution in [-0.4, -0.2) is 52.6 Å². The number of amides is 2. The molecule has 3 heterocycles. The van der Waals surface area contributed by atoms with Crippen molar-refractivity contribution in [1.82, 2.24) is 19.7 Å². The molecule has 0 spiro atoms. The van der Waals surface area contributed by atoms with E-state index in [4.69, 9.17) is 19.0 Å². The number of anilines is 1. The minimum Gasteiger partial charge on any atom is -0.497 e. The molecule has 2 aromatic heterocycles. The predicted octanol–water partition coefficient (Wildman–Crippen LogP) is 3.48. The van der Waals surface area contributed by atoms with Crippen LogP contribution < -0.4 is 10.1 Å². The van der Waals surface area contributed by atoms with Crippen molar-refractivity contribution < 1.29 is 18.7 Å². The summed E-state index contributed by atoms with van der Waals surface area (Å²) >= 11 is 0. The lowest BCUT2D eigenvalue weighted by atomic mass is 10.1. The third-order valence-electron chi connectivity index (χ3n) is 5.22. The number of hydrogen-bond acceptors (Lipinski definition) is 6. The first-order valence-corrected chi connectivity index (χ1v) is 10.4. The van der Waals surface area contributed by atoms with Crippen LogP contribution in [0.2, 0.25) is 0 Å². The quantitative estimate of drug-likeness (QED) is 0.583. The summed E-state index contributed by atoms with van der Waals surface area (Å²) in [5.41, 5.74) is 3.42. The zero-order chi connectivity index (χ0) is 21.8. The van der Waals surface area contributed by atoms with Crippen LogP contribution >= 0.6 is 0 Å². The minimum absolute atomic E-state index is 0.171. The van der Waals surface area contributed by atoms with Gasteiger partial charge in [-0.3, -0.25) is 4.68 Å². The first-order chi connectivity index (χ1) is 15.1. The van der Waals surface area contributed by atoms with Gasteiger partial charge < -0.3 is 24.1 Å². The molecule has 0 bridgehead atoms. The van der Waals surface area contributed by atoms with Gasteiger partial charge in [0.05, 0.1) is 33.0 Å². The molecule has 0 saturated carbocycles. The van der Waals surface area contributed by atoms with Crippen LogP contribution in [0.25, 0.3) is 11.6 Å². The van der Waals surface area contributed by atoms with Gasteiger partial charge in [0.25, 0.3) is 0 Å². The monoisotopic (exact) mass is 425 g/mol. The molecule has 4 rings (SSSR count). The summed E-state index contributed by atoms with van der Waals surface area (Å²) in [6.45, 7) is 6.72. The summed E-state index contributed by atoms with van der Waals surface area (Å²) in [6.07, 6.45) is 2.37. The number of methoxy groups -OCH3 is 1. The SMILES string of the molecule is CCOCCn1nc(-c2ncc(C)o2)c2c1CCN(C(=O)Nc1cccc(OC)c1)C2. The first kappa shape index (κ1) is 20.9. The number of carbonyl (C=O) groups is 1. The number of fused-ring (bicyclic) bond motifs is 1. The molecule has 0 fully saturated rings. The molecular formula is C22H27N5O4. The molecule has 0 unspecified atom stereocenters. The Bertz CT molecular complexity index is 1060. The highest BCUT2D eigenvalue weighted by atomic mass is 16.5. The molecule has 3 aromatic rings. The largest absolute Gasteiger partial charge is 0.497 e. The van der Waals surface area contributed by atoms with E-state index in [0.29, 0.717) is 62.3 Å². The van der Waals surface area contributed by atoms with E-state index in [0.717, 1.165) is 17.0 Å². The molecule has 0 aliphatic carbocycles. The van der Waals surface area contributed by atoms with Crippen molar-refractivity contribution >= 4 is 11.7 Å². The molecular weight excluding hydrogens is 398 g/mol. The number of ether oxygens (including phenoxy) is 2. The molecule has 164 valence electrons. The van der Waals surface area contributed by atoms with Crippen molar-refractivity contribution in [2.45, 2.75) is 33.4 Å². The third kappa shape index (κ3) is 4.56. The smallest absolute Gasteiger partial charge is 0.322 e. The maximum absolute atomic E-state index is 12.9. The number of oxazole rings is 1. The average Bonchev–Trinajstić information content (AvgIpc) is 3.37. The number of rotatable bonds is 7. The van der Waals surface area contributed by atoms with Crippen LogP contribution in [0.1, 0.15) is 23.9 Å². The van der Waals surface area contributed by atoms with Gasteiger partial charge in [-0.05, 0) is 26.0 Å². The topological polar surface area (TPSA) is 94.7 Å². The first-order valence-electron chi connectivity index (χ1n) is 10.4. The lowest BCUT2D eigenvalue weighted by molar-refractivity contribution is 0.135. The highest BCUT2D eigenvalue weighted by Crippen LogP contribution is 2.30. The molecule has 9 heteroatoms. The number of urea groups is 1. The van der Waals surface area contributed by atoms with Gasteiger partial charge in [0, 0.05) is 42.6 Å². The van der Waals surface area contributed by atoms with Crippen molar-refractivity contribution in [3.8, 4) is 17.3 Å². The van der Waals surface area contributed by atoms with Crippen molar-refractivity contribution in [2.75, 3.05) is 32.2 Å². The molecule has 1 aromatic carbocycles. The molecule has 2 amide bonds. The van der Waals surface area contributed by atoms with E-state index >= 15 is 0 Å². The van der Waals surface area contributed by atoms with Crippen molar-refractivity contribution in [1.29, 1.82) is 0 Å². The van der Waals surface area contributed by atoms with E-state index < -0.39 is 0 Å². The Morgan fingerprint density at radius 1 is 1.35 bits per heavy atom. The van der Waals surface area contributed by atoms with E-state index in [1.54, 1.807) is 24.3 Å². The van der Waals surface area contributed by atoms with E-state index in [1.807, 2.05) is 36.7 Å². The highest BCUT2D eigenvalue weighted by Gasteiger charge is 2.29. The Morgan fingerprint density at radius 3 is 2.97 bits per heavy atom. The second kappa shape index (κ2) is 9.22. The Labute approximate surface area is 181 Å². The predicted molar refractivity (Wildman–Crippen MR) is 115 cm³/mol. The highest BCUT2D eigenvalue weighted by molar-refractivity contribution is 5.89. The van der Waals surface area contributed by atoms with Crippen LogP contribution in [0.15, 0.2) is 34.9 Å². The van der Waals surface area contributed by atoms with Gasteiger partial charge >= 0.3 is 6.03 Å². The van der Waals surface area contributed by atoms with Crippen molar-refractivity contribution in [3.05, 3.63) is 47.5 Å². The maximum atomic E-state index is 12.9. The third-order valence-corrected chi connectivity index (χ3v) is 5.22. The molecule has 0 atom stereocenters. The van der Waals surface area contributed by atoms with Gasteiger partial charge in [-0.1, -0.05) is 6.07 Å². The van der Waals surface area contributed by atoms with Crippen LogP contribution in [-0.2, 0) is 24.2 Å². The number of carbonyl (C=O) groups excluding carboxylic acids is 1. The Hall–Kier alpha value is -3.33. The van der Waals surface area contributed by atoms with Gasteiger partial charge in [-0.25, -0.2) is 9.78 Å². The van der Waals surface area contributed by atoms with E-state index in [1.165, 1.54) is 0 Å². The number of nitrogens with one attached hydrogen (secondary N) is 1. The van der Waals surface area contributed by atoms with E-state index in [2.05, 4.69) is 10.3 Å². The molecule has 1 aliphatic heterocycles. The number of aromatic nitrogens is 3. The molecule has 31 heavy (non-hydrogen) atoms. The Morgan fingerprint density at radius 2 is 2.23 bits per heavy atom. The van der Waals surface area contributed by atoms with Gasteiger partial charge in [0.2, 0.25) is 5.89 Å². The zero-order valence-electron chi connectivity index (χ0n) is 18.1. The van der Waals surface area contributed by atoms with Crippen molar-refractivity contribution in [2.24, 2.45) is 0 Å². The van der Waals surface area contributed by atoms with Gasteiger partial charge in [0.15, 0.2) is 5.69 Å². The van der Waals surface area contributed by atoms with Crippen molar-refractivity contribution in [3.63, 3.8) is 0 Å². The zero-order valence-corrected chi connectivity index (χ0v) is 18.1. The summed E-state index contributed by atoms with van der Waals surface area (Å²) < 4.78 is 18.4. The summed E-state index contributed by atoms with van der Waals surface area (Å²) in [7, 11) is 1.60. The fourth-order valence-corrected chi connectivity index (χ4v) is 3.68. The number of hydrogen-bond donors (Lipinski definition) is 1. The Kier molecular flexibility index (Phi) is 6.22. The summed E-state index contributed by atoms with van der Waals surface area (Å²) in [4.78, 5) is 19.1. The fraction of sp³-hybridized carbons (Fsp3) is 0.409. The standard InChI is InChI=1S/C22H27N5O4/c1-4-30-11-10-27-19-8-9-26(22(28)24-16-6-5-7-17(12-16)29-3)14-18(19)20(25-27)21-23-13-15(2)31-21/h5-7,12-13H,4,8-11,14H2,1-3H3,(H,24,28). The second-order valence-electron chi connectivity index (χ2n) is 7.30. The minimum atomic E-state index is -0.171. The van der Waals surface area contributed by atoms with E-state index in [9.17, 15) is 4.79 Å². The second-order valence-corrected chi connectivity index (χ2v) is 7.30. The van der Waals surface area contributed by atoms with Gasteiger partial charge in [-0.2, -0.15) is 5.10 Å². The molecule has 0 saturated heterocycles. The lowest BCUT2D eigenvalue weighted by Crippen LogP contribution is -2.39. The molecule has 1 aliphatic rings. The number of nitrogens with zero attached hydrogens (tertiary/aromatic N) is 4. The Balaban J connectivity index is 1.57. The summed E-state index contributed by atoms with van der Waals surface area (Å²) in [5.74, 6) is 1.88. The van der Waals surface area contributed by atoms with Crippen LogP contribution in [0.5, 0.6) is 5.75 Å². The van der Waals surface area contributed by atoms with E-state index in [-0.39, 0.29) is 6.03 Å². The molecule has 9 nitrogen and oxygen atoms in total. The van der Waals surface area contributed by atoms with Crippen LogP contribution in [0.4, 0.5) is 10.5 Å². The fourth-order valence-electron chi connectivity index (χ4n) is 3.68. The lowest BCUT2D eigenvalue weighted by Gasteiger charge is -2.28. The number of benzene rings is 1. The maximum Gasteiger partial charge on any atom is 0.322 e. The number of aryl methyl sites for hydroxylation is 1. The van der Waals surface area contributed by atoms with Crippen LogP contribution in [0, 0.1) is 6.92 Å². The summed E-state index contributed by atoms with van der Waals surface area (Å²) in [6, 6.07) is 7.14. The molecule has 1 N–H and O–H groups in total. The van der Waals surface area contributed by atoms with Crippen LogP contribution in [0.3, 0.4) is 0 Å². The summed E-state index contributed by atoms with van der Waals surface area (Å²) in [5, 5.41) is 7.70. The van der Waals surface area contributed by atoms with Gasteiger partial charge in [0.1, 0.15) is 11.5 Å². The van der Waals surface area contributed by atoms with Gasteiger partial charge in [-0.15, -0.1) is 0 Å². The normalized spacial score (nSPS) is 13.2.